The summed E-state index contributed by atoms with van der Waals surface area (Å²) >= 11 is 0. The first-order chi connectivity index (χ1) is 18.0. The minimum absolute atomic E-state index is 0.137. The van der Waals surface area contributed by atoms with E-state index >= 15 is 0 Å². The molecular weight excluding hydrogens is 479 g/mol. The van der Waals surface area contributed by atoms with Crippen LogP contribution in [0.2, 0.25) is 0 Å². The number of carbonyl (C=O) groups is 1. The van der Waals surface area contributed by atoms with Crippen molar-refractivity contribution < 1.29 is 18.8 Å². The molecule has 1 N–H and O–H groups in total. The average molecular weight is 509 g/mol. The second-order valence-electron chi connectivity index (χ2n) is 8.61. The normalized spacial score (nSPS) is 13.3. The van der Waals surface area contributed by atoms with Gasteiger partial charge in [0.2, 0.25) is 11.6 Å². The fourth-order valence-corrected chi connectivity index (χ4v) is 4.18. The van der Waals surface area contributed by atoms with Crippen LogP contribution in [0.4, 0.5) is 27.4 Å². The number of benzene rings is 2. The smallest absolute Gasteiger partial charge is 0.353 e. The number of unbranched alkanes of at least 4 members (excludes halogenated alkanes) is 1. The van der Waals surface area contributed by atoms with Gasteiger partial charge in [-0.25, -0.2) is 14.4 Å². The molecule has 0 bridgehead atoms. The molecule has 11 heteroatoms. The van der Waals surface area contributed by atoms with Crippen molar-refractivity contribution in [3.8, 4) is 0 Å². The minimum Gasteiger partial charge on any atom is -0.461 e. The van der Waals surface area contributed by atoms with Gasteiger partial charge < -0.3 is 19.9 Å². The maximum absolute atomic E-state index is 14.1. The third-order valence-corrected chi connectivity index (χ3v) is 6.10. The van der Waals surface area contributed by atoms with Crippen molar-refractivity contribution in [3.05, 3.63) is 82.4 Å². The number of nitro groups is 1. The van der Waals surface area contributed by atoms with Crippen LogP contribution in [0.5, 0.6) is 0 Å². The first kappa shape index (κ1) is 25.8. The highest BCUT2D eigenvalue weighted by Gasteiger charge is 2.29. The molecule has 2 aromatic carbocycles. The zero-order chi connectivity index (χ0) is 26.0. The molecule has 0 amide bonds. The number of anilines is 3. The van der Waals surface area contributed by atoms with Gasteiger partial charge in [0.1, 0.15) is 18.8 Å². The van der Waals surface area contributed by atoms with Crippen LogP contribution in [0.3, 0.4) is 0 Å². The molecular formula is C26H29FN6O4. The Hall–Kier alpha value is -4.28. The van der Waals surface area contributed by atoms with Gasteiger partial charge in [-0.2, -0.15) is 0 Å². The molecule has 0 atom stereocenters. The number of esters is 1. The number of para-hydroxylation sites is 1. The summed E-state index contributed by atoms with van der Waals surface area (Å²) in [5, 5.41) is 14.9. The number of carbonyl (C=O) groups excluding carboxylic acids is 1. The van der Waals surface area contributed by atoms with E-state index in [9.17, 15) is 19.3 Å². The molecule has 0 spiro atoms. The predicted octanol–water partition coefficient (Wildman–Crippen LogP) is 4.18. The number of nitrogens with zero attached hydrogens (tertiary/aromatic N) is 5. The Morgan fingerprint density at radius 3 is 2.43 bits per heavy atom. The lowest BCUT2D eigenvalue weighted by molar-refractivity contribution is -0.383. The van der Waals surface area contributed by atoms with E-state index in [2.05, 4.69) is 15.3 Å². The molecule has 0 saturated carbocycles. The number of aromatic nitrogens is 2. The van der Waals surface area contributed by atoms with Gasteiger partial charge in [-0.15, -0.1) is 0 Å². The van der Waals surface area contributed by atoms with Gasteiger partial charge >= 0.3 is 11.7 Å². The van der Waals surface area contributed by atoms with Crippen molar-refractivity contribution in [1.82, 2.24) is 9.97 Å². The minimum atomic E-state index is -0.484. The van der Waals surface area contributed by atoms with Gasteiger partial charge in [0.25, 0.3) is 0 Å². The molecule has 1 fully saturated rings. The SMILES string of the molecule is O=C(CCCCNc1ncnc(N2CCN(c3ccccc3F)CC2)c1[N+](=O)[O-])OCc1ccccc1. The van der Waals surface area contributed by atoms with Gasteiger partial charge in [-0.1, -0.05) is 42.5 Å². The van der Waals surface area contributed by atoms with E-state index in [1.165, 1.54) is 12.4 Å². The van der Waals surface area contributed by atoms with E-state index in [-0.39, 0.29) is 42.1 Å². The fourth-order valence-electron chi connectivity index (χ4n) is 4.18. The topological polar surface area (TPSA) is 114 Å². The van der Waals surface area contributed by atoms with Crippen molar-refractivity contribution >= 4 is 29.0 Å². The summed E-state index contributed by atoms with van der Waals surface area (Å²) in [5.74, 6) is -0.202. The summed E-state index contributed by atoms with van der Waals surface area (Å²) in [5.41, 5.74) is 1.26. The quantitative estimate of drug-likeness (QED) is 0.176. The standard InChI is InChI=1S/C26H29FN6O4/c27-21-10-4-5-11-22(21)31-14-16-32(17-15-31)26-24(33(35)36)25(29-19-30-26)28-13-7-6-12-23(34)37-18-20-8-2-1-3-9-20/h1-5,8-11,19H,6-7,12-18H2,(H,28,29,30). The Labute approximate surface area is 214 Å². The molecule has 0 aliphatic carbocycles. The van der Waals surface area contributed by atoms with E-state index in [4.69, 9.17) is 4.74 Å². The van der Waals surface area contributed by atoms with E-state index in [1.54, 1.807) is 18.2 Å². The van der Waals surface area contributed by atoms with Crippen LogP contribution in [0.15, 0.2) is 60.9 Å². The molecule has 4 rings (SSSR count). The van der Waals surface area contributed by atoms with Crippen molar-refractivity contribution in [3.63, 3.8) is 0 Å². The van der Waals surface area contributed by atoms with Crippen LogP contribution in [-0.4, -0.2) is 53.6 Å². The highest BCUT2D eigenvalue weighted by atomic mass is 19.1. The van der Waals surface area contributed by atoms with Crippen LogP contribution in [0, 0.1) is 15.9 Å². The van der Waals surface area contributed by atoms with Gasteiger partial charge in [0.05, 0.1) is 10.6 Å². The number of rotatable bonds is 11. The van der Waals surface area contributed by atoms with Crippen LogP contribution >= 0.6 is 0 Å². The van der Waals surface area contributed by atoms with Gasteiger partial charge in [-0.05, 0) is 30.5 Å². The Balaban J connectivity index is 1.27. The second-order valence-corrected chi connectivity index (χ2v) is 8.61. The number of halogens is 1. The lowest BCUT2D eigenvalue weighted by Gasteiger charge is -2.36. The molecule has 0 unspecified atom stereocenters. The van der Waals surface area contributed by atoms with E-state index in [0.29, 0.717) is 51.3 Å². The Morgan fingerprint density at radius 1 is 1.00 bits per heavy atom. The summed E-state index contributed by atoms with van der Waals surface area (Å²) in [6.07, 6.45) is 2.75. The lowest BCUT2D eigenvalue weighted by atomic mass is 10.2. The molecule has 0 radical (unpaired) electrons. The van der Waals surface area contributed by atoms with Gasteiger partial charge in [0.15, 0.2) is 0 Å². The molecule has 2 heterocycles. The maximum Gasteiger partial charge on any atom is 0.353 e. The van der Waals surface area contributed by atoms with Crippen LogP contribution in [0.1, 0.15) is 24.8 Å². The number of hydrogen-bond donors (Lipinski definition) is 1. The molecule has 10 nitrogen and oxygen atoms in total. The zero-order valence-corrected chi connectivity index (χ0v) is 20.4. The molecule has 37 heavy (non-hydrogen) atoms. The van der Waals surface area contributed by atoms with Crippen molar-refractivity contribution in [2.45, 2.75) is 25.9 Å². The summed E-state index contributed by atoms with van der Waals surface area (Å²) in [6, 6.07) is 16.0. The summed E-state index contributed by atoms with van der Waals surface area (Å²) in [7, 11) is 0. The van der Waals surface area contributed by atoms with E-state index in [1.807, 2.05) is 40.1 Å². The van der Waals surface area contributed by atoms with E-state index in [0.717, 1.165) is 5.56 Å². The number of hydrogen-bond acceptors (Lipinski definition) is 9. The number of ether oxygens (including phenoxy) is 1. The Kier molecular flexibility index (Phi) is 8.79. The largest absolute Gasteiger partial charge is 0.461 e. The molecule has 1 aromatic heterocycles. The third-order valence-electron chi connectivity index (χ3n) is 6.10. The molecule has 1 aliphatic rings. The van der Waals surface area contributed by atoms with Crippen LogP contribution < -0.4 is 15.1 Å². The number of piperazine rings is 1. The predicted molar refractivity (Wildman–Crippen MR) is 138 cm³/mol. The molecule has 1 aliphatic heterocycles. The first-order valence-corrected chi connectivity index (χ1v) is 12.2. The average Bonchev–Trinajstić information content (AvgIpc) is 2.92. The maximum atomic E-state index is 14.1. The third kappa shape index (κ3) is 6.90. The van der Waals surface area contributed by atoms with Gasteiger partial charge in [-0.3, -0.25) is 14.9 Å². The monoisotopic (exact) mass is 508 g/mol. The zero-order valence-electron chi connectivity index (χ0n) is 20.4. The molecule has 3 aromatic rings. The molecule has 194 valence electrons. The molecule has 1 saturated heterocycles. The lowest BCUT2D eigenvalue weighted by Crippen LogP contribution is -2.47. The Morgan fingerprint density at radius 2 is 1.70 bits per heavy atom. The van der Waals surface area contributed by atoms with Crippen molar-refractivity contribution in [2.75, 3.05) is 47.8 Å². The van der Waals surface area contributed by atoms with Crippen LogP contribution in [0.25, 0.3) is 0 Å². The highest BCUT2D eigenvalue weighted by Crippen LogP contribution is 2.33. The summed E-state index contributed by atoms with van der Waals surface area (Å²) in [6.45, 7) is 2.57. The Bertz CT molecular complexity index is 1200. The van der Waals surface area contributed by atoms with E-state index < -0.39 is 4.92 Å². The highest BCUT2D eigenvalue weighted by molar-refractivity contribution is 5.71. The van der Waals surface area contributed by atoms with Crippen molar-refractivity contribution in [1.29, 1.82) is 0 Å². The van der Waals surface area contributed by atoms with Crippen LogP contribution in [-0.2, 0) is 16.1 Å². The second kappa shape index (κ2) is 12.6. The summed E-state index contributed by atoms with van der Waals surface area (Å²) in [4.78, 5) is 35.4. The number of nitrogens with one attached hydrogen (secondary N) is 1. The fraction of sp³-hybridized carbons (Fsp3) is 0.346. The van der Waals surface area contributed by atoms with Gasteiger partial charge in [0, 0.05) is 39.1 Å². The van der Waals surface area contributed by atoms with Crippen molar-refractivity contribution in [2.24, 2.45) is 0 Å². The first-order valence-electron chi connectivity index (χ1n) is 12.2. The summed E-state index contributed by atoms with van der Waals surface area (Å²) < 4.78 is 19.4.